The summed E-state index contributed by atoms with van der Waals surface area (Å²) >= 11 is 5.99. The lowest BCUT2D eigenvalue weighted by molar-refractivity contribution is -0.114. The Hall–Kier alpha value is -2.33. The second-order valence-corrected chi connectivity index (χ2v) is 4.99. The van der Waals surface area contributed by atoms with Gasteiger partial charge in [0.15, 0.2) is 0 Å². The molecule has 5 heteroatoms. The molecular formula is C16H14ClNO3. The van der Waals surface area contributed by atoms with Crippen LogP contribution in [0.15, 0.2) is 42.5 Å². The number of carbonyl (C=O) groups excluding carboxylic acids is 2. The maximum absolute atomic E-state index is 12.0. The molecule has 2 aromatic carbocycles. The van der Waals surface area contributed by atoms with Crippen LogP contribution >= 0.6 is 11.6 Å². The van der Waals surface area contributed by atoms with Crippen molar-refractivity contribution in [2.75, 3.05) is 5.32 Å². The second kappa shape index (κ2) is 6.41. The van der Waals surface area contributed by atoms with E-state index in [2.05, 4.69) is 5.32 Å². The first kappa shape index (κ1) is 15.1. The molecule has 4 nitrogen and oxygen atoms in total. The molecule has 0 aliphatic heterocycles. The second-order valence-electron chi connectivity index (χ2n) is 4.58. The third kappa shape index (κ3) is 4.07. The van der Waals surface area contributed by atoms with Crippen LogP contribution in [0.2, 0.25) is 5.02 Å². The minimum Gasteiger partial charge on any atom is -0.421 e. The van der Waals surface area contributed by atoms with Gasteiger partial charge in [0.25, 0.3) is 0 Å². The van der Waals surface area contributed by atoms with Crippen molar-refractivity contribution in [3.63, 3.8) is 0 Å². The van der Waals surface area contributed by atoms with Gasteiger partial charge in [-0.05, 0) is 48.9 Å². The number of halogens is 1. The van der Waals surface area contributed by atoms with Crippen molar-refractivity contribution >= 4 is 29.2 Å². The van der Waals surface area contributed by atoms with E-state index in [-0.39, 0.29) is 5.91 Å². The maximum Gasteiger partial charge on any atom is 0.343 e. The van der Waals surface area contributed by atoms with Crippen LogP contribution in [-0.2, 0) is 4.79 Å². The van der Waals surface area contributed by atoms with Crippen LogP contribution < -0.4 is 10.1 Å². The number of esters is 1. The molecule has 0 radical (unpaired) electrons. The molecule has 2 aromatic rings. The largest absolute Gasteiger partial charge is 0.421 e. The number of anilines is 1. The van der Waals surface area contributed by atoms with Gasteiger partial charge >= 0.3 is 5.97 Å². The van der Waals surface area contributed by atoms with Gasteiger partial charge in [0.1, 0.15) is 5.75 Å². The molecule has 1 N–H and O–H groups in total. The lowest BCUT2D eigenvalue weighted by Gasteiger charge is -2.08. The van der Waals surface area contributed by atoms with Gasteiger partial charge < -0.3 is 10.1 Å². The molecule has 0 spiro atoms. The molecule has 0 saturated heterocycles. The zero-order chi connectivity index (χ0) is 15.4. The van der Waals surface area contributed by atoms with Crippen molar-refractivity contribution in [3.8, 4) is 5.75 Å². The predicted octanol–water partition coefficient (Wildman–Crippen LogP) is 3.83. The SMILES string of the molecule is CC(=O)Nc1ccc(C(=O)Oc2cc(C)ccc2Cl)cc1. The quantitative estimate of drug-likeness (QED) is 0.692. The number of hydrogen-bond acceptors (Lipinski definition) is 3. The number of ether oxygens (including phenoxy) is 1. The highest BCUT2D eigenvalue weighted by Gasteiger charge is 2.11. The summed E-state index contributed by atoms with van der Waals surface area (Å²) in [6, 6.07) is 11.6. The fourth-order valence-electron chi connectivity index (χ4n) is 1.74. The Morgan fingerprint density at radius 2 is 1.76 bits per heavy atom. The Balaban J connectivity index is 2.13. The Kier molecular flexibility index (Phi) is 4.60. The zero-order valence-corrected chi connectivity index (χ0v) is 12.4. The van der Waals surface area contributed by atoms with Crippen LogP contribution in [-0.4, -0.2) is 11.9 Å². The van der Waals surface area contributed by atoms with E-state index >= 15 is 0 Å². The molecule has 21 heavy (non-hydrogen) atoms. The highest BCUT2D eigenvalue weighted by atomic mass is 35.5. The Morgan fingerprint density at radius 3 is 2.38 bits per heavy atom. The molecule has 0 aliphatic rings. The first-order valence-corrected chi connectivity index (χ1v) is 6.69. The number of carbonyl (C=O) groups is 2. The predicted molar refractivity (Wildman–Crippen MR) is 81.9 cm³/mol. The third-order valence-electron chi connectivity index (χ3n) is 2.73. The summed E-state index contributed by atoms with van der Waals surface area (Å²) < 4.78 is 5.27. The summed E-state index contributed by atoms with van der Waals surface area (Å²) in [6.07, 6.45) is 0. The Labute approximate surface area is 127 Å². The van der Waals surface area contributed by atoms with Crippen molar-refractivity contribution in [3.05, 3.63) is 58.6 Å². The number of aryl methyl sites for hydroxylation is 1. The summed E-state index contributed by atoms with van der Waals surface area (Å²) in [5, 5.41) is 3.00. The van der Waals surface area contributed by atoms with Crippen LogP contribution in [0.25, 0.3) is 0 Å². The van der Waals surface area contributed by atoms with E-state index in [9.17, 15) is 9.59 Å². The monoisotopic (exact) mass is 303 g/mol. The van der Waals surface area contributed by atoms with Gasteiger partial charge in [-0.25, -0.2) is 4.79 Å². The number of rotatable bonds is 3. The van der Waals surface area contributed by atoms with E-state index in [1.54, 1.807) is 36.4 Å². The molecule has 0 heterocycles. The molecule has 0 aliphatic carbocycles. The van der Waals surface area contributed by atoms with E-state index in [1.165, 1.54) is 6.92 Å². The molecule has 0 saturated carbocycles. The first-order chi connectivity index (χ1) is 9.95. The van der Waals surface area contributed by atoms with E-state index in [4.69, 9.17) is 16.3 Å². The summed E-state index contributed by atoms with van der Waals surface area (Å²) in [4.78, 5) is 23.0. The number of benzene rings is 2. The molecular weight excluding hydrogens is 290 g/mol. The van der Waals surface area contributed by atoms with Gasteiger partial charge in [-0.1, -0.05) is 17.7 Å². The van der Waals surface area contributed by atoms with Crippen molar-refractivity contribution < 1.29 is 14.3 Å². The standard InChI is InChI=1S/C16H14ClNO3/c1-10-3-8-14(17)15(9-10)21-16(20)12-4-6-13(7-5-12)18-11(2)19/h3-9H,1-2H3,(H,18,19). The number of amides is 1. The topological polar surface area (TPSA) is 55.4 Å². The maximum atomic E-state index is 12.0. The van der Waals surface area contributed by atoms with Gasteiger partial charge in [-0.3, -0.25) is 4.79 Å². The van der Waals surface area contributed by atoms with Crippen LogP contribution in [0.4, 0.5) is 5.69 Å². The summed E-state index contributed by atoms with van der Waals surface area (Å²) in [7, 11) is 0. The molecule has 2 rings (SSSR count). The van der Waals surface area contributed by atoms with E-state index in [0.29, 0.717) is 22.0 Å². The average Bonchev–Trinajstić information content (AvgIpc) is 2.43. The lowest BCUT2D eigenvalue weighted by Crippen LogP contribution is -2.10. The Morgan fingerprint density at radius 1 is 1.10 bits per heavy atom. The molecule has 0 unspecified atom stereocenters. The van der Waals surface area contributed by atoms with Gasteiger partial charge in [0.2, 0.25) is 5.91 Å². The fraction of sp³-hybridized carbons (Fsp3) is 0.125. The highest BCUT2D eigenvalue weighted by Crippen LogP contribution is 2.26. The van der Waals surface area contributed by atoms with E-state index < -0.39 is 5.97 Å². The van der Waals surface area contributed by atoms with Crippen LogP contribution in [0.5, 0.6) is 5.75 Å². The molecule has 0 aromatic heterocycles. The number of nitrogens with one attached hydrogen (secondary N) is 1. The third-order valence-corrected chi connectivity index (χ3v) is 3.04. The van der Waals surface area contributed by atoms with Crippen molar-refractivity contribution in [1.82, 2.24) is 0 Å². The minimum absolute atomic E-state index is 0.170. The molecule has 0 bridgehead atoms. The molecule has 0 fully saturated rings. The minimum atomic E-state index is -0.503. The zero-order valence-electron chi connectivity index (χ0n) is 11.6. The number of hydrogen-bond donors (Lipinski definition) is 1. The van der Waals surface area contributed by atoms with Gasteiger partial charge in [-0.15, -0.1) is 0 Å². The van der Waals surface area contributed by atoms with Crippen LogP contribution in [0, 0.1) is 6.92 Å². The van der Waals surface area contributed by atoms with Gasteiger partial charge in [0.05, 0.1) is 10.6 Å². The molecule has 1 amide bonds. The average molecular weight is 304 g/mol. The van der Waals surface area contributed by atoms with E-state index in [0.717, 1.165) is 5.56 Å². The fourth-order valence-corrected chi connectivity index (χ4v) is 1.90. The lowest BCUT2D eigenvalue weighted by atomic mass is 10.2. The van der Waals surface area contributed by atoms with Gasteiger partial charge in [-0.2, -0.15) is 0 Å². The molecule has 0 atom stereocenters. The first-order valence-electron chi connectivity index (χ1n) is 6.31. The summed E-state index contributed by atoms with van der Waals surface area (Å²) in [5.74, 6) is -0.346. The summed E-state index contributed by atoms with van der Waals surface area (Å²) in [6.45, 7) is 3.30. The smallest absolute Gasteiger partial charge is 0.343 e. The Bertz CT molecular complexity index is 680. The highest BCUT2D eigenvalue weighted by molar-refractivity contribution is 6.32. The normalized spacial score (nSPS) is 10.0. The van der Waals surface area contributed by atoms with Crippen LogP contribution in [0.1, 0.15) is 22.8 Å². The van der Waals surface area contributed by atoms with Gasteiger partial charge in [0, 0.05) is 12.6 Å². The molecule has 108 valence electrons. The summed E-state index contributed by atoms with van der Waals surface area (Å²) in [5.41, 5.74) is 1.94. The van der Waals surface area contributed by atoms with Crippen LogP contribution in [0.3, 0.4) is 0 Å². The van der Waals surface area contributed by atoms with E-state index in [1.807, 2.05) is 13.0 Å². The van der Waals surface area contributed by atoms with Crippen molar-refractivity contribution in [2.24, 2.45) is 0 Å². The van der Waals surface area contributed by atoms with Crippen molar-refractivity contribution in [2.45, 2.75) is 13.8 Å². The van der Waals surface area contributed by atoms with Crippen molar-refractivity contribution in [1.29, 1.82) is 0 Å².